The summed E-state index contributed by atoms with van der Waals surface area (Å²) in [6.45, 7) is 3.61. The van der Waals surface area contributed by atoms with Crippen molar-refractivity contribution in [1.29, 1.82) is 0 Å². The lowest BCUT2D eigenvalue weighted by Gasteiger charge is -2.32. The average molecular weight is 307 g/mol. The van der Waals surface area contributed by atoms with E-state index in [4.69, 9.17) is 11.6 Å². The minimum Gasteiger partial charge on any atom is -0.314 e. The predicted octanol–water partition coefficient (Wildman–Crippen LogP) is 1.60. The maximum absolute atomic E-state index is 13.0. The molecule has 1 saturated heterocycles. The lowest BCUT2D eigenvalue weighted by Crippen LogP contribution is -2.52. The summed E-state index contributed by atoms with van der Waals surface area (Å²) in [6.07, 6.45) is 0. The van der Waals surface area contributed by atoms with Crippen LogP contribution in [0.1, 0.15) is 12.5 Å². The number of halogens is 2. The molecule has 1 atom stereocenters. The van der Waals surface area contributed by atoms with Gasteiger partial charge in [-0.2, -0.15) is 4.31 Å². The van der Waals surface area contributed by atoms with Crippen molar-refractivity contribution in [3.63, 3.8) is 0 Å². The van der Waals surface area contributed by atoms with E-state index in [1.807, 2.05) is 6.92 Å². The summed E-state index contributed by atoms with van der Waals surface area (Å²) in [4.78, 5) is 0. The Hall–Kier alpha value is -0.690. The molecular weight excluding hydrogens is 291 g/mol. The molecule has 1 aliphatic rings. The van der Waals surface area contributed by atoms with Gasteiger partial charge in [0.05, 0.1) is 10.8 Å². The van der Waals surface area contributed by atoms with Crippen molar-refractivity contribution in [2.24, 2.45) is 0 Å². The van der Waals surface area contributed by atoms with E-state index >= 15 is 0 Å². The quantitative estimate of drug-likeness (QED) is 0.923. The van der Waals surface area contributed by atoms with Crippen molar-refractivity contribution in [3.05, 3.63) is 34.6 Å². The van der Waals surface area contributed by atoms with Crippen molar-refractivity contribution in [1.82, 2.24) is 9.62 Å². The number of sulfonamides is 1. The molecule has 0 bridgehead atoms. The SMILES string of the molecule is C[C@H]1CNCCN1S(=O)(=O)Cc1ccc(F)c(Cl)c1. The normalized spacial score (nSPS) is 21.5. The van der Waals surface area contributed by atoms with E-state index in [0.29, 0.717) is 25.2 Å². The third-order valence-electron chi connectivity index (χ3n) is 3.13. The van der Waals surface area contributed by atoms with Gasteiger partial charge >= 0.3 is 0 Å². The summed E-state index contributed by atoms with van der Waals surface area (Å²) in [7, 11) is -3.40. The molecule has 1 aromatic rings. The molecule has 1 aromatic carbocycles. The van der Waals surface area contributed by atoms with Crippen LogP contribution in [0.3, 0.4) is 0 Å². The molecule has 7 heteroatoms. The molecule has 1 N–H and O–H groups in total. The van der Waals surface area contributed by atoms with Crippen LogP contribution in [-0.4, -0.2) is 38.4 Å². The van der Waals surface area contributed by atoms with Crippen LogP contribution in [-0.2, 0) is 15.8 Å². The molecule has 0 radical (unpaired) electrons. The van der Waals surface area contributed by atoms with Crippen LogP contribution in [0.25, 0.3) is 0 Å². The zero-order valence-electron chi connectivity index (χ0n) is 10.6. The third kappa shape index (κ3) is 3.45. The first-order valence-corrected chi connectivity index (χ1v) is 8.03. The summed E-state index contributed by atoms with van der Waals surface area (Å²) >= 11 is 5.66. The summed E-state index contributed by atoms with van der Waals surface area (Å²) in [6, 6.07) is 3.93. The fourth-order valence-corrected chi connectivity index (χ4v) is 4.12. The molecule has 0 spiro atoms. The first-order chi connectivity index (χ1) is 8.90. The largest absolute Gasteiger partial charge is 0.314 e. The molecule has 1 fully saturated rings. The first kappa shape index (κ1) is 14.7. The third-order valence-corrected chi connectivity index (χ3v) is 5.38. The lowest BCUT2D eigenvalue weighted by molar-refractivity contribution is 0.283. The van der Waals surface area contributed by atoms with Gasteiger partial charge in [-0.3, -0.25) is 0 Å². The van der Waals surface area contributed by atoms with Crippen LogP contribution in [0, 0.1) is 5.82 Å². The molecule has 0 amide bonds. The fourth-order valence-electron chi connectivity index (χ4n) is 2.16. The Kier molecular flexibility index (Phi) is 4.45. The summed E-state index contributed by atoms with van der Waals surface area (Å²) in [5.41, 5.74) is 0.497. The molecule has 0 aromatic heterocycles. The van der Waals surface area contributed by atoms with Crippen LogP contribution in [0.15, 0.2) is 18.2 Å². The number of hydrogen-bond donors (Lipinski definition) is 1. The molecular formula is C12H16ClFN2O2S. The number of nitrogens with one attached hydrogen (secondary N) is 1. The molecule has 0 saturated carbocycles. The fraction of sp³-hybridized carbons (Fsp3) is 0.500. The van der Waals surface area contributed by atoms with Gasteiger partial charge in [-0.25, -0.2) is 12.8 Å². The Morgan fingerprint density at radius 3 is 2.89 bits per heavy atom. The lowest BCUT2D eigenvalue weighted by atomic mass is 10.2. The second kappa shape index (κ2) is 5.75. The summed E-state index contributed by atoms with van der Waals surface area (Å²) in [5.74, 6) is -0.699. The highest BCUT2D eigenvalue weighted by atomic mass is 35.5. The van der Waals surface area contributed by atoms with E-state index in [9.17, 15) is 12.8 Å². The van der Waals surface area contributed by atoms with Gasteiger partial charge in [0, 0.05) is 25.7 Å². The van der Waals surface area contributed by atoms with E-state index in [1.54, 1.807) is 0 Å². The topological polar surface area (TPSA) is 49.4 Å². The van der Waals surface area contributed by atoms with Crippen molar-refractivity contribution in [2.45, 2.75) is 18.7 Å². The van der Waals surface area contributed by atoms with Gasteiger partial charge in [-0.05, 0) is 24.6 Å². The Morgan fingerprint density at radius 1 is 1.53 bits per heavy atom. The van der Waals surface area contributed by atoms with Gasteiger partial charge in [0.25, 0.3) is 0 Å². The molecule has 2 rings (SSSR count). The summed E-state index contributed by atoms with van der Waals surface area (Å²) < 4.78 is 39.2. The monoisotopic (exact) mass is 306 g/mol. The molecule has 4 nitrogen and oxygen atoms in total. The molecule has 1 aliphatic heterocycles. The molecule has 106 valence electrons. The maximum atomic E-state index is 13.0. The highest BCUT2D eigenvalue weighted by Gasteiger charge is 2.29. The van der Waals surface area contributed by atoms with E-state index in [-0.39, 0.29) is 16.8 Å². The molecule has 0 aliphatic carbocycles. The van der Waals surface area contributed by atoms with Crippen molar-refractivity contribution < 1.29 is 12.8 Å². The molecule has 19 heavy (non-hydrogen) atoms. The zero-order chi connectivity index (χ0) is 14.0. The molecule has 0 unspecified atom stereocenters. The highest BCUT2D eigenvalue weighted by molar-refractivity contribution is 7.88. The Bertz CT molecular complexity index is 565. The van der Waals surface area contributed by atoms with Gasteiger partial charge in [0.15, 0.2) is 0 Å². The van der Waals surface area contributed by atoms with E-state index < -0.39 is 15.8 Å². The maximum Gasteiger partial charge on any atom is 0.218 e. The van der Waals surface area contributed by atoms with Crippen LogP contribution < -0.4 is 5.32 Å². The number of benzene rings is 1. The van der Waals surface area contributed by atoms with Crippen LogP contribution in [0.4, 0.5) is 4.39 Å². The average Bonchev–Trinajstić information content (AvgIpc) is 2.34. The minimum absolute atomic E-state index is 0.0546. The minimum atomic E-state index is -3.40. The molecule has 1 heterocycles. The Labute approximate surface area is 117 Å². The van der Waals surface area contributed by atoms with E-state index in [1.165, 1.54) is 22.5 Å². The van der Waals surface area contributed by atoms with Gasteiger partial charge in [-0.1, -0.05) is 17.7 Å². The van der Waals surface area contributed by atoms with Gasteiger partial charge in [0.2, 0.25) is 10.0 Å². The van der Waals surface area contributed by atoms with E-state index in [0.717, 1.165) is 0 Å². The predicted molar refractivity (Wildman–Crippen MR) is 73.1 cm³/mol. The van der Waals surface area contributed by atoms with Crippen LogP contribution in [0.2, 0.25) is 5.02 Å². The summed E-state index contributed by atoms with van der Waals surface area (Å²) in [5, 5.41) is 3.09. The van der Waals surface area contributed by atoms with Crippen molar-refractivity contribution >= 4 is 21.6 Å². The van der Waals surface area contributed by atoms with Crippen LogP contribution in [0.5, 0.6) is 0 Å². The van der Waals surface area contributed by atoms with Crippen molar-refractivity contribution in [3.8, 4) is 0 Å². The standard InChI is InChI=1S/C12H16ClFN2O2S/c1-9-7-15-4-5-16(9)19(17,18)8-10-2-3-12(14)11(13)6-10/h2-3,6,9,15H,4-5,7-8H2,1H3/t9-/m0/s1. The van der Waals surface area contributed by atoms with Gasteiger partial charge in [0.1, 0.15) is 5.82 Å². The first-order valence-electron chi connectivity index (χ1n) is 6.04. The number of hydrogen-bond acceptors (Lipinski definition) is 3. The number of nitrogens with zero attached hydrogens (tertiary/aromatic N) is 1. The second-order valence-electron chi connectivity index (χ2n) is 4.67. The smallest absolute Gasteiger partial charge is 0.218 e. The second-order valence-corrected chi connectivity index (χ2v) is 7.00. The van der Waals surface area contributed by atoms with Crippen LogP contribution >= 0.6 is 11.6 Å². The zero-order valence-corrected chi connectivity index (χ0v) is 12.1. The van der Waals surface area contributed by atoms with Gasteiger partial charge < -0.3 is 5.32 Å². The number of piperazine rings is 1. The Morgan fingerprint density at radius 2 is 2.26 bits per heavy atom. The Balaban J connectivity index is 2.18. The van der Waals surface area contributed by atoms with Crippen molar-refractivity contribution in [2.75, 3.05) is 19.6 Å². The number of rotatable bonds is 3. The van der Waals surface area contributed by atoms with E-state index in [2.05, 4.69) is 5.32 Å². The van der Waals surface area contributed by atoms with Gasteiger partial charge in [-0.15, -0.1) is 0 Å². The highest BCUT2D eigenvalue weighted by Crippen LogP contribution is 2.20.